The van der Waals surface area contributed by atoms with Gasteiger partial charge in [0.2, 0.25) is 0 Å². The van der Waals surface area contributed by atoms with Crippen molar-refractivity contribution in [2.45, 2.75) is 12.8 Å². The summed E-state index contributed by atoms with van der Waals surface area (Å²) in [6.07, 6.45) is 13.5. The Morgan fingerprint density at radius 3 is 2.08 bits per heavy atom. The maximum Gasteiger partial charge on any atom is 0.199 e. The van der Waals surface area contributed by atoms with E-state index in [2.05, 4.69) is 49.4 Å². The quantitative estimate of drug-likeness (QED) is 0.390. The monoisotopic (exact) mass is 173 g/mol. The van der Waals surface area contributed by atoms with Crippen LogP contribution in [-0.2, 0) is 0 Å². The van der Waals surface area contributed by atoms with Crippen LogP contribution in [0.4, 0.5) is 0 Å². The van der Waals surface area contributed by atoms with E-state index in [-0.39, 0.29) is 0 Å². The zero-order valence-corrected chi connectivity index (χ0v) is 8.25. The summed E-state index contributed by atoms with van der Waals surface area (Å²) in [5.74, 6) is 0. The molecule has 0 unspecified atom stereocenters. The maximum atomic E-state index is 2.31. The lowest BCUT2D eigenvalue weighted by atomic mass is 9.86. The van der Waals surface area contributed by atoms with Crippen LogP contribution in [0.3, 0.4) is 0 Å². The maximum absolute atomic E-state index is 2.31. The van der Waals surface area contributed by atoms with E-state index in [1.165, 1.54) is 24.1 Å². The molecule has 66 valence electrons. The molecule has 1 heteroatoms. The van der Waals surface area contributed by atoms with Crippen molar-refractivity contribution in [1.82, 2.24) is 0 Å². The van der Waals surface area contributed by atoms with Crippen molar-refractivity contribution in [3.05, 3.63) is 41.9 Å². The summed E-state index contributed by atoms with van der Waals surface area (Å²) >= 11 is 0. The molecular formula is C12H15N+2. The highest BCUT2D eigenvalue weighted by molar-refractivity contribution is 6.02. The molecule has 0 heterocycles. The van der Waals surface area contributed by atoms with Gasteiger partial charge in [-0.3, -0.25) is 0 Å². The van der Waals surface area contributed by atoms with Gasteiger partial charge in [-0.05, 0) is 17.7 Å². The molecule has 1 fully saturated rings. The smallest absolute Gasteiger partial charge is 0.199 e. The molecule has 0 atom stereocenters. The highest BCUT2D eigenvalue weighted by Gasteiger charge is 2.22. The third kappa shape index (κ3) is 1.59. The van der Waals surface area contributed by atoms with Crippen LogP contribution in [0.15, 0.2) is 35.5 Å². The summed E-state index contributed by atoms with van der Waals surface area (Å²) in [6.45, 7) is 0. The predicted octanol–water partition coefficient (Wildman–Crippen LogP) is 2.12. The molecule has 13 heavy (non-hydrogen) atoms. The predicted molar refractivity (Wildman–Crippen MR) is 56.0 cm³/mol. The number of nitrogens with zero attached hydrogens (tertiary/aromatic N) is 1. The first-order valence-electron chi connectivity index (χ1n) is 4.71. The molecule has 1 saturated carbocycles. The highest BCUT2D eigenvalue weighted by atomic mass is 14.9. The Kier molecular flexibility index (Phi) is 2.09. The number of allylic oxidation sites excluding steroid dienone is 6. The molecule has 0 bridgehead atoms. The molecule has 2 aliphatic rings. The van der Waals surface area contributed by atoms with E-state index < -0.39 is 0 Å². The average Bonchev–Trinajstić information content (AvgIpc) is 2.02. The summed E-state index contributed by atoms with van der Waals surface area (Å²) < 4.78 is 2.13. The molecule has 0 spiro atoms. The van der Waals surface area contributed by atoms with Gasteiger partial charge >= 0.3 is 0 Å². The number of hydrogen-bond acceptors (Lipinski definition) is 0. The van der Waals surface area contributed by atoms with Crippen LogP contribution >= 0.6 is 0 Å². The summed E-state index contributed by atoms with van der Waals surface area (Å²) in [7, 11) is 4.14. The van der Waals surface area contributed by atoms with Crippen LogP contribution in [0.1, 0.15) is 12.8 Å². The van der Waals surface area contributed by atoms with E-state index in [1.54, 1.807) is 5.57 Å². The van der Waals surface area contributed by atoms with Crippen LogP contribution in [0.25, 0.3) is 0 Å². The Bertz CT molecular complexity index is 312. The first kappa shape index (κ1) is 8.36. The summed E-state index contributed by atoms with van der Waals surface area (Å²) in [5.41, 5.74) is 4.26. The molecule has 1 nitrogen and oxygen atoms in total. The van der Waals surface area contributed by atoms with E-state index in [4.69, 9.17) is 0 Å². The Morgan fingerprint density at radius 2 is 1.69 bits per heavy atom. The first-order chi connectivity index (χ1) is 6.27. The standard InChI is InChI=1S/C12H15N/c1-13(2)12-8-6-11(7-9-12)10-4-3-5-10/h3,6-9H,4-5H2,1-2H3/q+2. The van der Waals surface area contributed by atoms with Gasteiger partial charge in [0.05, 0.1) is 6.42 Å². The van der Waals surface area contributed by atoms with Gasteiger partial charge in [0.15, 0.2) is 5.71 Å². The lowest BCUT2D eigenvalue weighted by Crippen LogP contribution is -2.11. The van der Waals surface area contributed by atoms with Gasteiger partial charge < -0.3 is 0 Å². The van der Waals surface area contributed by atoms with Crippen molar-refractivity contribution in [3.8, 4) is 0 Å². The topological polar surface area (TPSA) is 3.01 Å². The van der Waals surface area contributed by atoms with Gasteiger partial charge in [-0.25, -0.2) is 4.58 Å². The van der Waals surface area contributed by atoms with E-state index in [1.807, 2.05) is 0 Å². The summed E-state index contributed by atoms with van der Waals surface area (Å²) in [4.78, 5) is 0. The average molecular weight is 173 g/mol. The van der Waals surface area contributed by atoms with Gasteiger partial charge in [0, 0.05) is 17.7 Å². The Hall–Kier alpha value is -1.24. The van der Waals surface area contributed by atoms with Crippen molar-refractivity contribution >= 4 is 5.71 Å². The van der Waals surface area contributed by atoms with E-state index in [0.717, 1.165) is 0 Å². The van der Waals surface area contributed by atoms with Crippen LogP contribution in [-0.4, -0.2) is 24.4 Å². The zero-order valence-electron chi connectivity index (χ0n) is 8.25. The van der Waals surface area contributed by atoms with Gasteiger partial charge in [-0.1, -0.05) is 0 Å². The van der Waals surface area contributed by atoms with Crippen molar-refractivity contribution < 1.29 is 4.58 Å². The molecular weight excluding hydrogens is 158 g/mol. The van der Waals surface area contributed by atoms with E-state index in [9.17, 15) is 0 Å². The molecule has 0 N–H and O–H groups in total. The molecule has 0 aromatic carbocycles. The fourth-order valence-electron chi connectivity index (χ4n) is 1.52. The molecule has 0 aromatic rings. The summed E-state index contributed by atoms with van der Waals surface area (Å²) in [5, 5.41) is 0. The normalized spacial score (nSPS) is 20.0. The van der Waals surface area contributed by atoms with Crippen LogP contribution in [0, 0.1) is 6.42 Å². The van der Waals surface area contributed by atoms with Crippen molar-refractivity contribution in [2.24, 2.45) is 0 Å². The molecule has 0 saturated heterocycles. The second-order valence-corrected chi connectivity index (χ2v) is 3.74. The summed E-state index contributed by atoms with van der Waals surface area (Å²) in [6, 6.07) is 0. The minimum atomic E-state index is 1.18. The largest absolute Gasteiger partial charge is 0.235 e. The third-order valence-electron chi connectivity index (χ3n) is 2.57. The third-order valence-corrected chi connectivity index (χ3v) is 2.57. The molecule has 0 amide bonds. The Morgan fingerprint density at radius 1 is 1.08 bits per heavy atom. The van der Waals surface area contributed by atoms with Crippen molar-refractivity contribution in [1.29, 1.82) is 0 Å². The van der Waals surface area contributed by atoms with Crippen molar-refractivity contribution in [3.63, 3.8) is 0 Å². The zero-order chi connectivity index (χ0) is 9.26. The lowest BCUT2D eigenvalue weighted by Gasteiger charge is -2.11. The SMILES string of the molecule is C[N+](C)=C1C=CC(=C2C[CH+]C2)C=C1. The fraction of sp³-hybridized carbons (Fsp3) is 0.333. The number of hydrogen-bond donors (Lipinski definition) is 0. The minimum Gasteiger partial charge on any atom is -0.235 e. The van der Waals surface area contributed by atoms with Crippen LogP contribution in [0.5, 0.6) is 0 Å². The minimum absolute atomic E-state index is 1.18. The fourth-order valence-corrected chi connectivity index (χ4v) is 1.52. The molecule has 2 rings (SSSR count). The van der Waals surface area contributed by atoms with Crippen LogP contribution < -0.4 is 0 Å². The molecule has 0 radical (unpaired) electrons. The van der Waals surface area contributed by atoms with Crippen LogP contribution in [0.2, 0.25) is 0 Å². The second-order valence-electron chi connectivity index (χ2n) is 3.74. The highest BCUT2D eigenvalue weighted by Crippen LogP contribution is 2.29. The Labute approximate surface area is 79.8 Å². The van der Waals surface area contributed by atoms with Crippen molar-refractivity contribution in [2.75, 3.05) is 14.1 Å². The van der Waals surface area contributed by atoms with Gasteiger partial charge in [0.25, 0.3) is 0 Å². The van der Waals surface area contributed by atoms with Gasteiger partial charge in [-0.15, -0.1) is 0 Å². The lowest BCUT2D eigenvalue weighted by molar-refractivity contribution is -0.462. The molecule has 0 aliphatic heterocycles. The first-order valence-corrected chi connectivity index (χ1v) is 4.71. The van der Waals surface area contributed by atoms with E-state index >= 15 is 0 Å². The number of rotatable bonds is 0. The molecule has 2 aliphatic carbocycles. The Balaban J connectivity index is 2.23. The van der Waals surface area contributed by atoms with E-state index in [0.29, 0.717) is 0 Å². The molecule has 0 aromatic heterocycles. The van der Waals surface area contributed by atoms with Gasteiger partial charge in [0.1, 0.15) is 26.9 Å². The van der Waals surface area contributed by atoms with Gasteiger partial charge in [-0.2, -0.15) is 0 Å². The second kappa shape index (κ2) is 3.25.